The first-order valence-corrected chi connectivity index (χ1v) is 9.64. The lowest BCUT2D eigenvalue weighted by molar-refractivity contribution is -0.117. The zero-order chi connectivity index (χ0) is 21.2. The molecule has 0 aliphatic rings. The lowest BCUT2D eigenvalue weighted by Crippen LogP contribution is -2.25. The Balaban J connectivity index is 2.00. The number of benzene rings is 2. The van der Waals surface area contributed by atoms with Crippen LogP contribution in [-0.2, 0) is 16.1 Å². The molecule has 0 bridgehead atoms. The molecule has 0 aliphatic carbocycles. The molecule has 0 fully saturated rings. The average molecular weight is 395 g/mol. The number of nitrogens with one attached hydrogen (secondary N) is 1. The summed E-state index contributed by atoms with van der Waals surface area (Å²) in [6.45, 7) is 6.73. The van der Waals surface area contributed by atoms with Crippen molar-refractivity contribution in [1.82, 2.24) is 5.32 Å². The smallest absolute Gasteiger partial charge is 0.253 e. The summed E-state index contributed by atoms with van der Waals surface area (Å²) in [5.74, 6) is 1.48. The molecule has 5 nitrogen and oxygen atoms in total. The van der Waals surface area contributed by atoms with Gasteiger partial charge in [-0.25, -0.2) is 0 Å². The predicted octanol–water partition coefficient (Wildman–Crippen LogP) is 4.47. The van der Waals surface area contributed by atoms with Gasteiger partial charge in [-0.15, -0.1) is 0 Å². The first-order chi connectivity index (χ1) is 13.9. The van der Waals surface area contributed by atoms with Crippen molar-refractivity contribution in [3.63, 3.8) is 0 Å². The molecular weight excluding hydrogens is 364 g/mol. The normalized spacial score (nSPS) is 13.1. The van der Waals surface area contributed by atoms with Crippen molar-refractivity contribution in [1.29, 1.82) is 0 Å². The minimum Gasteiger partial charge on any atom is -0.457 e. The van der Waals surface area contributed by atoms with E-state index in [9.17, 15) is 4.79 Å². The highest BCUT2D eigenvalue weighted by atomic mass is 16.5. The fourth-order valence-corrected chi connectivity index (χ4v) is 2.70. The second-order valence-corrected chi connectivity index (χ2v) is 7.13. The Bertz CT molecular complexity index is 866. The van der Waals surface area contributed by atoms with Crippen molar-refractivity contribution >= 4 is 5.91 Å². The number of aryl methyl sites for hydroxylation is 1. The quantitative estimate of drug-likeness (QED) is 0.486. The maximum atomic E-state index is 12.6. The van der Waals surface area contributed by atoms with Crippen LogP contribution in [0.15, 0.2) is 72.0 Å². The Labute approximate surface area is 173 Å². The summed E-state index contributed by atoms with van der Waals surface area (Å²) in [6.07, 6.45) is 3.68. The fraction of sp³-hybridized carbons (Fsp3) is 0.292. The van der Waals surface area contributed by atoms with E-state index in [1.54, 1.807) is 20.1 Å². The molecule has 29 heavy (non-hydrogen) atoms. The van der Waals surface area contributed by atoms with Crippen LogP contribution < -0.4 is 15.8 Å². The number of allylic oxidation sites excluding steroid dienone is 1. The summed E-state index contributed by atoms with van der Waals surface area (Å²) >= 11 is 0. The highest BCUT2D eigenvalue weighted by Crippen LogP contribution is 2.22. The van der Waals surface area contributed by atoms with Gasteiger partial charge in [0.25, 0.3) is 5.91 Å². The van der Waals surface area contributed by atoms with Crippen molar-refractivity contribution in [3.8, 4) is 11.5 Å². The number of hydrogen-bond donors (Lipinski definition) is 2. The molecule has 0 aliphatic heterocycles. The van der Waals surface area contributed by atoms with Gasteiger partial charge in [-0.05, 0) is 49.6 Å². The fourth-order valence-electron chi connectivity index (χ4n) is 2.70. The molecule has 5 heteroatoms. The van der Waals surface area contributed by atoms with Crippen LogP contribution in [0.25, 0.3) is 0 Å². The van der Waals surface area contributed by atoms with Gasteiger partial charge >= 0.3 is 0 Å². The number of carbonyl (C=O) groups excluding carboxylic acids is 1. The van der Waals surface area contributed by atoms with Crippen LogP contribution in [0.5, 0.6) is 11.5 Å². The number of hydrogen-bond acceptors (Lipinski definition) is 4. The largest absolute Gasteiger partial charge is 0.457 e. The summed E-state index contributed by atoms with van der Waals surface area (Å²) in [4.78, 5) is 12.6. The number of ether oxygens (including phenoxy) is 2. The summed E-state index contributed by atoms with van der Waals surface area (Å²) in [5, 5.41) is 2.92. The van der Waals surface area contributed by atoms with E-state index in [2.05, 4.69) is 5.32 Å². The second kappa shape index (κ2) is 11.1. The third-order valence-electron chi connectivity index (χ3n) is 4.30. The van der Waals surface area contributed by atoms with E-state index in [1.165, 1.54) is 5.56 Å². The van der Waals surface area contributed by atoms with Gasteiger partial charge in [0.1, 0.15) is 11.5 Å². The van der Waals surface area contributed by atoms with E-state index in [4.69, 9.17) is 15.2 Å². The third-order valence-corrected chi connectivity index (χ3v) is 4.30. The van der Waals surface area contributed by atoms with Crippen molar-refractivity contribution in [2.45, 2.75) is 27.3 Å². The summed E-state index contributed by atoms with van der Waals surface area (Å²) < 4.78 is 11.0. The Morgan fingerprint density at radius 3 is 2.55 bits per heavy atom. The number of nitrogens with two attached hydrogens (primary N) is 1. The number of amides is 1. The minimum atomic E-state index is -0.212. The number of methoxy groups -OCH3 is 1. The van der Waals surface area contributed by atoms with Crippen LogP contribution in [0.1, 0.15) is 25.0 Å². The van der Waals surface area contributed by atoms with Gasteiger partial charge in [0.05, 0.1) is 12.2 Å². The molecule has 0 spiro atoms. The molecule has 2 aromatic carbocycles. The molecule has 0 aromatic heterocycles. The van der Waals surface area contributed by atoms with E-state index >= 15 is 0 Å². The average Bonchev–Trinajstić information content (AvgIpc) is 2.68. The molecule has 1 atom stereocenters. The molecule has 2 aromatic rings. The highest BCUT2D eigenvalue weighted by molar-refractivity contribution is 5.96. The van der Waals surface area contributed by atoms with Crippen LogP contribution in [0, 0.1) is 12.8 Å². The standard InChI is InChI=1S/C24H30N2O3/c1-17-8-11-21(12-9-17)29-22-7-5-6-20(14-22)15-26-24(27)23(19(3)25)13-10-18(2)16-28-4/h5-14,18H,15-16,25H2,1-4H3,(H,26,27)/b13-10-,23-19-. The van der Waals surface area contributed by atoms with Gasteiger partial charge in [0.15, 0.2) is 0 Å². The Hall–Kier alpha value is -3.05. The van der Waals surface area contributed by atoms with Gasteiger partial charge in [-0.1, -0.05) is 48.9 Å². The predicted molar refractivity (Wildman–Crippen MR) is 117 cm³/mol. The molecule has 1 unspecified atom stereocenters. The van der Waals surface area contributed by atoms with Gasteiger partial charge in [0, 0.05) is 19.4 Å². The zero-order valence-corrected chi connectivity index (χ0v) is 17.6. The molecule has 3 N–H and O–H groups in total. The molecule has 2 rings (SSSR count). The summed E-state index contributed by atoms with van der Waals surface area (Å²) in [6, 6.07) is 15.5. The zero-order valence-electron chi connectivity index (χ0n) is 17.6. The highest BCUT2D eigenvalue weighted by Gasteiger charge is 2.10. The molecule has 154 valence electrons. The Morgan fingerprint density at radius 1 is 1.17 bits per heavy atom. The molecule has 0 saturated carbocycles. The maximum absolute atomic E-state index is 12.6. The van der Waals surface area contributed by atoms with Crippen LogP contribution in [0.2, 0.25) is 0 Å². The Kier molecular flexibility index (Phi) is 8.49. The van der Waals surface area contributed by atoms with Gasteiger partial charge in [-0.3, -0.25) is 4.79 Å². The Morgan fingerprint density at radius 2 is 1.90 bits per heavy atom. The first-order valence-electron chi connectivity index (χ1n) is 9.64. The van der Waals surface area contributed by atoms with Gasteiger partial charge in [-0.2, -0.15) is 0 Å². The number of carbonyl (C=O) groups is 1. The first kappa shape index (κ1) is 22.2. The lowest BCUT2D eigenvalue weighted by atomic mass is 10.1. The van der Waals surface area contributed by atoms with Gasteiger partial charge in [0.2, 0.25) is 0 Å². The van der Waals surface area contributed by atoms with Crippen LogP contribution in [0.3, 0.4) is 0 Å². The SMILES string of the molecule is COCC(C)/C=C\C(C(=O)NCc1cccc(Oc2ccc(C)cc2)c1)=C(/C)N. The van der Waals surface area contributed by atoms with E-state index in [0.29, 0.717) is 24.4 Å². The summed E-state index contributed by atoms with van der Waals surface area (Å²) in [5.41, 5.74) is 8.95. The molecule has 0 radical (unpaired) electrons. The van der Waals surface area contributed by atoms with E-state index in [-0.39, 0.29) is 11.8 Å². The third kappa shape index (κ3) is 7.47. The van der Waals surface area contributed by atoms with E-state index in [1.807, 2.05) is 68.5 Å². The van der Waals surface area contributed by atoms with Crippen molar-refractivity contribution < 1.29 is 14.3 Å². The lowest BCUT2D eigenvalue weighted by Gasteiger charge is -2.11. The topological polar surface area (TPSA) is 73.6 Å². The summed E-state index contributed by atoms with van der Waals surface area (Å²) in [7, 11) is 1.65. The van der Waals surface area contributed by atoms with Crippen molar-refractivity contribution in [3.05, 3.63) is 83.1 Å². The van der Waals surface area contributed by atoms with Crippen LogP contribution >= 0.6 is 0 Å². The second-order valence-electron chi connectivity index (χ2n) is 7.13. The van der Waals surface area contributed by atoms with Crippen LogP contribution in [0.4, 0.5) is 0 Å². The molecule has 1 amide bonds. The van der Waals surface area contributed by atoms with E-state index in [0.717, 1.165) is 17.1 Å². The van der Waals surface area contributed by atoms with Crippen LogP contribution in [-0.4, -0.2) is 19.6 Å². The number of rotatable bonds is 9. The van der Waals surface area contributed by atoms with Gasteiger partial charge < -0.3 is 20.5 Å². The van der Waals surface area contributed by atoms with Crippen molar-refractivity contribution in [2.24, 2.45) is 11.7 Å². The molecule has 0 saturated heterocycles. The molecular formula is C24H30N2O3. The monoisotopic (exact) mass is 394 g/mol. The van der Waals surface area contributed by atoms with E-state index < -0.39 is 0 Å². The maximum Gasteiger partial charge on any atom is 0.253 e. The minimum absolute atomic E-state index is 0.192. The molecule has 0 heterocycles. The van der Waals surface area contributed by atoms with Crippen molar-refractivity contribution in [2.75, 3.05) is 13.7 Å².